The van der Waals surface area contributed by atoms with E-state index >= 15 is 0 Å². The van der Waals surface area contributed by atoms with Crippen molar-refractivity contribution in [3.8, 4) is 11.3 Å². The maximum absolute atomic E-state index is 13.7. The number of piperidine rings is 1. The number of rotatable bonds is 3. The van der Waals surface area contributed by atoms with Crippen LogP contribution in [0.5, 0.6) is 0 Å². The number of anilines is 2. The fraction of sp³-hybridized carbons (Fsp3) is 0.409. The molecule has 0 bridgehead atoms. The van der Waals surface area contributed by atoms with E-state index in [-0.39, 0.29) is 5.82 Å². The van der Waals surface area contributed by atoms with Gasteiger partial charge in [-0.2, -0.15) is 5.10 Å². The van der Waals surface area contributed by atoms with E-state index in [4.69, 9.17) is 5.11 Å². The van der Waals surface area contributed by atoms with Gasteiger partial charge >= 0.3 is 0 Å². The molecule has 0 saturated carbocycles. The molecule has 1 fully saturated rings. The Morgan fingerprint density at radius 2 is 1.83 bits per heavy atom. The summed E-state index contributed by atoms with van der Waals surface area (Å²) in [5.41, 5.74) is 4.15. The zero-order chi connectivity index (χ0) is 21.1. The van der Waals surface area contributed by atoms with Crippen LogP contribution in [-0.4, -0.2) is 57.9 Å². The highest BCUT2D eigenvalue weighted by Crippen LogP contribution is 2.33. The van der Waals surface area contributed by atoms with Crippen LogP contribution < -0.4 is 9.80 Å². The van der Waals surface area contributed by atoms with Gasteiger partial charge < -0.3 is 14.9 Å². The number of hydrogen-bond donors (Lipinski definition) is 1. The van der Waals surface area contributed by atoms with Gasteiger partial charge in [0.25, 0.3) is 0 Å². The predicted molar refractivity (Wildman–Crippen MR) is 115 cm³/mol. The van der Waals surface area contributed by atoms with E-state index in [9.17, 15) is 4.39 Å². The average Bonchev–Trinajstić information content (AvgIpc) is 3.41. The van der Waals surface area contributed by atoms with Gasteiger partial charge in [-0.15, -0.1) is 10.2 Å². The second kappa shape index (κ2) is 8.79. The van der Waals surface area contributed by atoms with Crippen molar-refractivity contribution in [1.82, 2.24) is 20.0 Å². The first kappa shape index (κ1) is 20.3. The molecular formula is C22H27FN6O. The summed E-state index contributed by atoms with van der Waals surface area (Å²) < 4.78 is 15.4. The van der Waals surface area contributed by atoms with Gasteiger partial charge in [-0.3, -0.25) is 4.68 Å². The Hall–Kier alpha value is -3.00. The van der Waals surface area contributed by atoms with Crippen molar-refractivity contribution in [3.63, 3.8) is 0 Å². The van der Waals surface area contributed by atoms with Crippen LogP contribution in [0.3, 0.4) is 0 Å². The standard InChI is InChI=1S/C21H23FN6.CH4O/c1-26-14-16(13-23-26)19-4-5-21(25-24-19)27-9-7-18(8-10-27)28-11-6-15-2-3-17(22)12-20(15)28;1-2/h2-5,12-14,18H,6-11H2,1H3;2H,1H3. The molecule has 30 heavy (non-hydrogen) atoms. The van der Waals surface area contributed by atoms with E-state index < -0.39 is 0 Å². The second-order valence-corrected chi connectivity index (χ2v) is 7.61. The van der Waals surface area contributed by atoms with Gasteiger partial charge in [0.15, 0.2) is 5.82 Å². The molecule has 1 aromatic carbocycles. The first-order valence-electron chi connectivity index (χ1n) is 10.2. The minimum Gasteiger partial charge on any atom is -0.400 e. The van der Waals surface area contributed by atoms with E-state index in [1.165, 1.54) is 5.56 Å². The van der Waals surface area contributed by atoms with Gasteiger partial charge in [-0.25, -0.2) is 4.39 Å². The summed E-state index contributed by atoms with van der Waals surface area (Å²) in [6, 6.07) is 9.69. The van der Waals surface area contributed by atoms with Crippen LogP contribution in [-0.2, 0) is 13.5 Å². The Bertz CT molecular complexity index is 982. The molecule has 1 N–H and O–H groups in total. The normalized spacial score (nSPS) is 16.3. The molecule has 4 heterocycles. The fourth-order valence-corrected chi connectivity index (χ4v) is 4.36. The maximum Gasteiger partial charge on any atom is 0.151 e. The summed E-state index contributed by atoms with van der Waals surface area (Å²) in [4.78, 5) is 4.69. The Labute approximate surface area is 175 Å². The maximum atomic E-state index is 13.7. The van der Waals surface area contributed by atoms with Gasteiger partial charge in [-0.1, -0.05) is 6.07 Å². The molecule has 0 amide bonds. The Morgan fingerprint density at radius 1 is 1.03 bits per heavy atom. The lowest BCUT2D eigenvalue weighted by Crippen LogP contribution is -2.44. The highest BCUT2D eigenvalue weighted by molar-refractivity contribution is 5.60. The molecule has 8 heteroatoms. The van der Waals surface area contributed by atoms with Crippen LogP contribution in [0.1, 0.15) is 18.4 Å². The number of hydrogen-bond acceptors (Lipinski definition) is 6. The van der Waals surface area contributed by atoms with Gasteiger partial charge in [0, 0.05) is 57.3 Å². The molecule has 0 spiro atoms. The van der Waals surface area contributed by atoms with Gasteiger partial charge in [0.1, 0.15) is 5.82 Å². The van der Waals surface area contributed by atoms with Crippen molar-refractivity contribution >= 4 is 11.5 Å². The highest BCUT2D eigenvalue weighted by Gasteiger charge is 2.30. The smallest absolute Gasteiger partial charge is 0.151 e. The van der Waals surface area contributed by atoms with Crippen molar-refractivity contribution < 1.29 is 9.50 Å². The van der Waals surface area contributed by atoms with Crippen LogP contribution in [0.25, 0.3) is 11.3 Å². The third kappa shape index (κ3) is 4.00. The molecule has 0 aliphatic carbocycles. The molecule has 0 unspecified atom stereocenters. The third-order valence-electron chi connectivity index (χ3n) is 5.86. The number of aliphatic hydroxyl groups is 1. The molecule has 0 atom stereocenters. The zero-order valence-electron chi connectivity index (χ0n) is 17.4. The van der Waals surface area contributed by atoms with Crippen molar-refractivity contribution in [2.45, 2.75) is 25.3 Å². The number of aromatic nitrogens is 4. The molecule has 2 aromatic heterocycles. The second-order valence-electron chi connectivity index (χ2n) is 7.61. The SMILES string of the molecule is CO.Cn1cc(-c2ccc(N3CCC(N4CCc5ccc(F)cc54)CC3)nn2)cn1. The van der Waals surface area contributed by atoms with E-state index in [0.29, 0.717) is 6.04 Å². The molecule has 2 aliphatic heterocycles. The largest absolute Gasteiger partial charge is 0.400 e. The summed E-state index contributed by atoms with van der Waals surface area (Å²) in [5.74, 6) is 0.769. The van der Waals surface area contributed by atoms with E-state index in [2.05, 4.69) is 25.1 Å². The molecule has 1 saturated heterocycles. The third-order valence-corrected chi connectivity index (χ3v) is 5.86. The average molecular weight is 410 g/mol. The number of fused-ring (bicyclic) bond motifs is 1. The number of nitrogens with zero attached hydrogens (tertiary/aromatic N) is 6. The number of aliphatic hydroxyl groups excluding tert-OH is 1. The van der Waals surface area contributed by atoms with Gasteiger partial charge in [-0.05, 0) is 49.1 Å². The molecular weight excluding hydrogens is 383 g/mol. The van der Waals surface area contributed by atoms with Crippen molar-refractivity contribution in [2.75, 3.05) is 36.5 Å². The summed E-state index contributed by atoms with van der Waals surface area (Å²) in [7, 11) is 2.89. The molecule has 158 valence electrons. The van der Waals surface area contributed by atoms with E-state index in [1.807, 2.05) is 31.4 Å². The van der Waals surface area contributed by atoms with Crippen molar-refractivity contribution in [2.24, 2.45) is 7.05 Å². The lowest BCUT2D eigenvalue weighted by atomic mass is 10.0. The fourth-order valence-electron chi connectivity index (χ4n) is 4.36. The summed E-state index contributed by atoms with van der Waals surface area (Å²) in [6.07, 6.45) is 6.83. The summed E-state index contributed by atoms with van der Waals surface area (Å²) >= 11 is 0. The first-order valence-corrected chi connectivity index (χ1v) is 10.2. The van der Waals surface area contributed by atoms with Crippen molar-refractivity contribution in [3.05, 3.63) is 54.1 Å². The van der Waals surface area contributed by atoms with E-state index in [1.54, 1.807) is 23.0 Å². The van der Waals surface area contributed by atoms with Crippen LogP contribution in [0.4, 0.5) is 15.9 Å². The summed E-state index contributed by atoms with van der Waals surface area (Å²) in [6.45, 7) is 2.86. The van der Waals surface area contributed by atoms with Crippen LogP contribution in [0, 0.1) is 5.82 Å². The quantitative estimate of drug-likeness (QED) is 0.716. The molecule has 5 rings (SSSR count). The monoisotopic (exact) mass is 410 g/mol. The Kier molecular flexibility index (Phi) is 5.94. The van der Waals surface area contributed by atoms with Gasteiger partial charge in [0.2, 0.25) is 0 Å². The zero-order valence-corrected chi connectivity index (χ0v) is 17.4. The van der Waals surface area contributed by atoms with Crippen LogP contribution in [0.15, 0.2) is 42.7 Å². The minimum absolute atomic E-state index is 0.146. The highest BCUT2D eigenvalue weighted by atomic mass is 19.1. The number of benzene rings is 1. The summed E-state index contributed by atoms with van der Waals surface area (Å²) in [5, 5.41) is 20.0. The van der Waals surface area contributed by atoms with E-state index in [0.717, 1.165) is 68.8 Å². The number of aryl methyl sites for hydroxylation is 1. The molecule has 0 radical (unpaired) electrons. The Balaban J connectivity index is 0.00000106. The molecule has 2 aliphatic rings. The lowest BCUT2D eigenvalue weighted by molar-refractivity contribution is 0.399. The van der Waals surface area contributed by atoms with Crippen molar-refractivity contribution in [1.29, 1.82) is 0 Å². The predicted octanol–water partition coefficient (Wildman–Crippen LogP) is 2.66. The molecule has 7 nitrogen and oxygen atoms in total. The topological polar surface area (TPSA) is 70.3 Å². The van der Waals surface area contributed by atoms with Crippen LogP contribution in [0.2, 0.25) is 0 Å². The molecule has 3 aromatic rings. The lowest BCUT2D eigenvalue weighted by Gasteiger charge is -2.38. The number of halogens is 1. The minimum atomic E-state index is -0.146. The van der Waals surface area contributed by atoms with Crippen LogP contribution >= 0.6 is 0 Å². The first-order chi connectivity index (χ1) is 14.7. The van der Waals surface area contributed by atoms with Gasteiger partial charge in [0.05, 0.1) is 11.9 Å². The Morgan fingerprint density at radius 3 is 2.50 bits per heavy atom.